The molecule has 88 valence electrons. The van der Waals surface area contributed by atoms with Crippen molar-refractivity contribution in [2.75, 3.05) is 0 Å². The molecule has 0 radical (unpaired) electrons. The van der Waals surface area contributed by atoms with E-state index in [0.29, 0.717) is 5.92 Å². The smallest absolute Gasteiger partial charge is 0.328 e. The van der Waals surface area contributed by atoms with Gasteiger partial charge in [-0.2, -0.15) is 0 Å². The predicted molar refractivity (Wildman–Crippen MR) is 67.9 cm³/mol. The number of carboxylic acids is 1. The van der Waals surface area contributed by atoms with Gasteiger partial charge in [0, 0.05) is 6.08 Å². The Kier molecular flexibility index (Phi) is 3.76. The highest BCUT2D eigenvalue weighted by Crippen LogP contribution is 2.28. The SMILES string of the molecule is O=C(O)C=CC=CCC1Cc2ccccc2C1. The van der Waals surface area contributed by atoms with E-state index < -0.39 is 5.97 Å². The summed E-state index contributed by atoms with van der Waals surface area (Å²) in [5.74, 6) is -0.232. The monoisotopic (exact) mass is 228 g/mol. The molecule has 0 heterocycles. The fourth-order valence-corrected chi connectivity index (χ4v) is 2.30. The quantitative estimate of drug-likeness (QED) is 0.635. The van der Waals surface area contributed by atoms with Crippen LogP contribution in [0.4, 0.5) is 0 Å². The zero-order valence-electron chi connectivity index (χ0n) is 9.67. The fraction of sp³-hybridized carbons (Fsp3) is 0.267. The van der Waals surface area contributed by atoms with Crippen LogP contribution in [0, 0.1) is 5.92 Å². The molecule has 1 aliphatic carbocycles. The summed E-state index contributed by atoms with van der Waals surface area (Å²) in [6.45, 7) is 0. The second-order valence-corrected chi connectivity index (χ2v) is 4.40. The Bertz CT molecular complexity index is 433. The lowest BCUT2D eigenvalue weighted by Crippen LogP contribution is -1.96. The molecule has 0 fully saturated rings. The van der Waals surface area contributed by atoms with E-state index in [1.165, 1.54) is 11.1 Å². The van der Waals surface area contributed by atoms with Gasteiger partial charge in [-0.3, -0.25) is 0 Å². The Hall–Kier alpha value is -1.83. The maximum absolute atomic E-state index is 10.2. The largest absolute Gasteiger partial charge is 0.478 e. The number of aliphatic carboxylic acids is 1. The van der Waals surface area contributed by atoms with Crippen molar-refractivity contribution < 1.29 is 9.90 Å². The van der Waals surface area contributed by atoms with Gasteiger partial charge in [0.25, 0.3) is 0 Å². The molecule has 17 heavy (non-hydrogen) atoms. The van der Waals surface area contributed by atoms with Crippen molar-refractivity contribution in [3.63, 3.8) is 0 Å². The van der Waals surface area contributed by atoms with Crippen LogP contribution in [-0.4, -0.2) is 11.1 Å². The number of allylic oxidation sites excluding steroid dienone is 3. The molecule has 2 rings (SSSR count). The van der Waals surface area contributed by atoms with E-state index in [9.17, 15) is 4.79 Å². The van der Waals surface area contributed by atoms with Crippen LogP contribution in [0.15, 0.2) is 48.6 Å². The number of rotatable bonds is 4. The number of hydrogen-bond acceptors (Lipinski definition) is 1. The van der Waals surface area contributed by atoms with Gasteiger partial charge < -0.3 is 5.11 Å². The highest BCUT2D eigenvalue weighted by molar-refractivity contribution is 5.80. The third-order valence-electron chi connectivity index (χ3n) is 3.09. The highest BCUT2D eigenvalue weighted by Gasteiger charge is 2.19. The van der Waals surface area contributed by atoms with Crippen LogP contribution in [-0.2, 0) is 17.6 Å². The van der Waals surface area contributed by atoms with Crippen molar-refractivity contribution >= 4 is 5.97 Å². The second kappa shape index (κ2) is 5.48. The molecular formula is C15H16O2. The molecule has 0 spiro atoms. The van der Waals surface area contributed by atoms with Gasteiger partial charge in [0.05, 0.1) is 0 Å². The summed E-state index contributed by atoms with van der Waals surface area (Å²) >= 11 is 0. The topological polar surface area (TPSA) is 37.3 Å². The number of fused-ring (bicyclic) bond motifs is 1. The van der Waals surface area contributed by atoms with Gasteiger partial charge in [0.1, 0.15) is 0 Å². The van der Waals surface area contributed by atoms with Gasteiger partial charge in [0.2, 0.25) is 0 Å². The van der Waals surface area contributed by atoms with E-state index in [0.717, 1.165) is 25.3 Å². The molecule has 1 aromatic rings. The summed E-state index contributed by atoms with van der Waals surface area (Å²) < 4.78 is 0. The molecule has 0 aliphatic heterocycles. The van der Waals surface area contributed by atoms with E-state index in [4.69, 9.17) is 5.11 Å². The lowest BCUT2D eigenvalue weighted by molar-refractivity contribution is -0.131. The minimum Gasteiger partial charge on any atom is -0.478 e. The van der Waals surface area contributed by atoms with Crippen LogP contribution in [0.3, 0.4) is 0 Å². The zero-order valence-corrected chi connectivity index (χ0v) is 9.67. The Morgan fingerprint density at radius 3 is 2.47 bits per heavy atom. The summed E-state index contributed by atoms with van der Waals surface area (Å²) in [5.41, 5.74) is 2.93. The van der Waals surface area contributed by atoms with Crippen LogP contribution < -0.4 is 0 Å². The van der Waals surface area contributed by atoms with Crippen LogP contribution in [0.25, 0.3) is 0 Å². The molecule has 0 saturated heterocycles. The molecule has 1 N–H and O–H groups in total. The molecule has 1 aromatic carbocycles. The first kappa shape index (κ1) is 11.6. The van der Waals surface area contributed by atoms with E-state index in [1.807, 2.05) is 6.08 Å². The Morgan fingerprint density at radius 2 is 1.88 bits per heavy atom. The molecule has 1 aliphatic rings. The maximum Gasteiger partial charge on any atom is 0.328 e. The van der Waals surface area contributed by atoms with Gasteiger partial charge in [-0.1, -0.05) is 42.5 Å². The summed E-state index contributed by atoms with van der Waals surface area (Å²) in [6.07, 6.45) is 9.89. The van der Waals surface area contributed by atoms with Crippen LogP contribution in [0.2, 0.25) is 0 Å². The molecule has 2 heteroatoms. The lowest BCUT2D eigenvalue weighted by atomic mass is 10.0. The standard InChI is InChI=1S/C15H16O2/c16-15(17)9-3-1-2-6-12-10-13-7-4-5-8-14(13)11-12/h1-5,7-9,12H,6,10-11H2,(H,16,17). The maximum atomic E-state index is 10.2. The normalized spacial score (nSPS) is 15.8. The van der Waals surface area contributed by atoms with Crippen molar-refractivity contribution in [3.05, 3.63) is 59.7 Å². The third-order valence-corrected chi connectivity index (χ3v) is 3.09. The summed E-state index contributed by atoms with van der Waals surface area (Å²) in [7, 11) is 0. The number of carbonyl (C=O) groups is 1. The summed E-state index contributed by atoms with van der Waals surface area (Å²) in [6, 6.07) is 8.58. The Balaban J connectivity index is 1.82. The van der Waals surface area contributed by atoms with Crippen molar-refractivity contribution in [2.45, 2.75) is 19.3 Å². The number of hydrogen-bond donors (Lipinski definition) is 1. The molecule has 0 atom stereocenters. The molecule has 2 nitrogen and oxygen atoms in total. The van der Waals surface area contributed by atoms with Crippen LogP contribution in [0.5, 0.6) is 0 Å². The van der Waals surface area contributed by atoms with E-state index in [1.54, 1.807) is 6.08 Å². The van der Waals surface area contributed by atoms with Crippen LogP contribution >= 0.6 is 0 Å². The highest BCUT2D eigenvalue weighted by atomic mass is 16.4. The Morgan fingerprint density at radius 1 is 1.24 bits per heavy atom. The minimum absolute atomic E-state index is 0.668. The first-order chi connectivity index (χ1) is 8.25. The van der Waals surface area contributed by atoms with E-state index >= 15 is 0 Å². The van der Waals surface area contributed by atoms with Crippen molar-refractivity contribution in [1.29, 1.82) is 0 Å². The molecule has 0 saturated carbocycles. The average molecular weight is 228 g/mol. The number of benzene rings is 1. The van der Waals surface area contributed by atoms with Gasteiger partial charge in [-0.15, -0.1) is 0 Å². The van der Waals surface area contributed by atoms with Crippen molar-refractivity contribution in [2.24, 2.45) is 5.92 Å². The van der Waals surface area contributed by atoms with Gasteiger partial charge in [-0.25, -0.2) is 4.79 Å². The van der Waals surface area contributed by atoms with E-state index in [2.05, 4.69) is 30.3 Å². The fourth-order valence-electron chi connectivity index (χ4n) is 2.30. The first-order valence-corrected chi connectivity index (χ1v) is 5.88. The van der Waals surface area contributed by atoms with E-state index in [-0.39, 0.29) is 0 Å². The molecule has 0 bridgehead atoms. The zero-order chi connectivity index (χ0) is 12.1. The van der Waals surface area contributed by atoms with Gasteiger partial charge >= 0.3 is 5.97 Å². The first-order valence-electron chi connectivity index (χ1n) is 5.88. The van der Waals surface area contributed by atoms with Crippen molar-refractivity contribution in [3.8, 4) is 0 Å². The van der Waals surface area contributed by atoms with Crippen LogP contribution in [0.1, 0.15) is 17.5 Å². The molecule has 0 aromatic heterocycles. The summed E-state index contributed by atoms with van der Waals surface area (Å²) in [5, 5.41) is 8.42. The Labute approximate surface area is 101 Å². The van der Waals surface area contributed by atoms with Crippen molar-refractivity contribution in [1.82, 2.24) is 0 Å². The molecular weight excluding hydrogens is 212 g/mol. The van der Waals surface area contributed by atoms with Gasteiger partial charge in [0.15, 0.2) is 0 Å². The predicted octanol–water partition coefficient (Wildman–Crippen LogP) is 2.99. The second-order valence-electron chi connectivity index (χ2n) is 4.40. The van der Waals surface area contributed by atoms with Gasteiger partial charge in [-0.05, 0) is 36.3 Å². The summed E-state index contributed by atoms with van der Waals surface area (Å²) in [4.78, 5) is 10.2. The number of carboxylic acid groups (broad SMARTS) is 1. The average Bonchev–Trinajstić information content (AvgIpc) is 2.70. The third kappa shape index (κ3) is 3.31. The lowest BCUT2D eigenvalue weighted by Gasteiger charge is -2.03. The molecule has 0 unspecified atom stereocenters. The minimum atomic E-state index is -0.900. The molecule has 0 amide bonds.